The summed E-state index contributed by atoms with van der Waals surface area (Å²) in [5, 5.41) is 10.7. The van der Waals surface area contributed by atoms with Gasteiger partial charge in [0.1, 0.15) is 19.3 Å². The molecule has 0 saturated carbocycles. The molecule has 672 valence electrons. The number of unbranched alkanes of at least 4 members (excludes halogenated alkanes) is 60. The van der Waals surface area contributed by atoms with Gasteiger partial charge in [-0.2, -0.15) is 0 Å². The lowest BCUT2D eigenvalue weighted by Gasteiger charge is -2.21. The van der Waals surface area contributed by atoms with Crippen molar-refractivity contribution in [3.63, 3.8) is 0 Å². The molecule has 0 amide bonds. The normalized spacial score (nSPS) is 13.7. The van der Waals surface area contributed by atoms with Crippen molar-refractivity contribution in [1.29, 1.82) is 0 Å². The molecule has 0 aromatic rings. The first-order valence-electron chi connectivity index (χ1n) is 48.3. The maximum absolute atomic E-state index is 13.2. The molecule has 3 N–H and O–H groups in total. The first-order chi connectivity index (χ1) is 54.7. The average molecular weight is 1650 g/mol. The monoisotopic (exact) mass is 1650 g/mol. The Hall–Kier alpha value is -1.94. The van der Waals surface area contributed by atoms with Gasteiger partial charge < -0.3 is 33.8 Å². The Morgan fingerprint density at radius 2 is 0.407 bits per heavy atom. The second-order valence-electron chi connectivity index (χ2n) is 35.2. The molecule has 0 aliphatic carbocycles. The van der Waals surface area contributed by atoms with E-state index in [1.807, 2.05) is 0 Å². The van der Waals surface area contributed by atoms with Gasteiger partial charge in [-0.3, -0.25) is 37.3 Å². The van der Waals surface area contributed by atoms with Crippen LogP contribution >= 0.6 is 15.6 Å². The second kappa shape index (κ2) is 83.7. The maximum Gasteiger partial charge on any atom is 0.472 e. The topological polar surface area (TPSA) is 237 Å². The molecule has 0 heterocycles. The molecule has 5 atom stereocenters. The number of carbonyl (C=O) groups is 4. The Kier molecular flexibility index (Phi) is 82.3. The number of ether oxygens (including phenoxy) is 4. The van der Waals surface area contributed by atoms with Crippen molar-refractivity contribution in [3.05, 3.63) is 0 Å². The van der Waals surface area contributed by atoms with Crippen molar-refractivity contribution in [2.24, 2.45) is 17.8 Å². The lowest BCUT2D eigenvalue weighted by molar-refractivity contribution is -0.161. The van der Waals surface area contributed by atoms with E-state index in [9.17, 15) is 43.2 Å². The molecular formula is C94H184O17P2. The predicted molar refractivity (Wildman–Crippen MR) is 469 cm³/mol. The fraction of sp³-hybridized carbons (Fsp3) is 0.957. The number of carbonyl (C=O) groups excluding carboxylic acids is 4. The van der Waals surface area contributed by atoms with Gasteiger partial charge in [0.05, 0.1) is 26.4 Å². The number of aliphatic hydroxyl groups excluding tert-OH is 1. The van der Waals surface area contributed by atoms with E-state index in [0.717, 1.165) is 108 Å². The van der Waals surface area contributed by atoms with Crippen LogP contribution in [0, 0.1) is 17.8 Å². The minimum Gasteiger partial charge on any atom is -0.462 e. The minimum atomic E-state index is -4.97. The lowest BCUT2D eigenvalue weighted by Crippen LogP contribution is -2.30. The van der Waals surface area contributed by atoms with E-state index in [0.29, 0.717) is 31.6 Å². The van der Waals surface area contributed by atoms with Gasteiger partial charge in [-0.15, -0.1) is 0 Å². The Morgan fingerprint density at radius 3 is 0.602 bits per heavy atom. The van der Waals surface area contributed by atoms with E-state index in [4.69, 9.17) is 37.0 Å². The summed E-state index contributed by atoms with van der Waals surface area (Å²) in [6.45, 7) is 12.0. The zero-order valence-corrected chi connectivity index (χ0v) is 76.7. The molecule has 0 aliphatic heterocycles. The molecular weight excluding hydrogens is 1460 g/mol. The van der Waals surface area contributed by atoms with E-state index in [-0.39, 0.29) is 25.7 Å². The molecule has 0 spiro atoms. The molecule has 0 aromatic carbocycles. The summed E-state index contributed by atoms with van der Waals surface area (Å²) in [6.07, 6.45) is 78.1. The van der Waals surface area contributed by atoms with Crippen LogP contribution in [0.1, 0.15) is 504 Å². The summed E-state index contributed by atoms with van der Waals surface area (Å²) < 4.78 is 69.1. The van der Waals surface area contributed by atoms with Gasteiger partial charge in [-0.25, -0.2) is 9.13 Å². The standard InChI is InChI=1S/C94H184O17P2/c1-8-9-10-11-12-13-14-15-16-17-18-19-20-28-33-38-43-48-55-63-71-78-94(99)111-90(82-105-92(97)76-69-62-57-50-53-60-67-74-87(6)7)84-109-113(102,103)107-80-88(95)79-106-112(100,101)108-83-89(110-93(98)77-70-64-56-49-44-39-34-29-24-22-26-31-36-41-46-52-59-66-73-86(4)5)81-104-91(96)75-68-61-54-47-42-37-32-27-23-21-25-30-35-40-45-51-58-65-72-85(2)3/h85-90,95H,8-84H2,1-7H3,(H,100,101)(H,102,103)/t88-,89-,90-/m1/s1. The zero-order chi connectivity index (χ0) is 82.9. The second-order valence-corrected chi connectivity index (χ2v) is 38.1. The van der Waals surface area contributed by atoms with Crippen molar-refractivity contribution < 1.29 is 80.2 Å². The SMILES string of the molecule is CCCCCCCCCCCCCCCCCCCCCCCC(=O)O[C@H](COC(=O)CCCCCCCCCC(C)C)COP(=O)(O)OC[C@H](O)COP(=O)(O)OC[C@@H](COC(=O)CCCCCCCCCCCCCCCCCCCCC(C)C)OC(=O)CCCCCCCCCCCCCCCCCCCCC(C)C. The third-order valence-corrected chi connectivity index (χ3v) is 24.0. The van der Waals surface area contributed by atoms with Crippen LogP contribution in [0.5, 0.6) is 0 Å². The fourth-order valence-electron chi connectivity index (χ4n) is 14.8. The van der Waals surface area contributed by atoms with Crippen molar-refractivity contribution in [1.82, 2.24) is 0 Å². The summed E-state index contributed by atoms with van der Waals surface area (Å²) in [5.74, 6) is 0.251. The Labute approximate surface area is 696 Å². The number of phosphoric ester groups is 2. The van der Waals surface area contributed by atoms with Gasteiger partial charge in [-0.05, 0) is 43.4 Å². The first-order valence-corrected chi connectivity index (χ1v) is 51.3. The van der Waals surface area contributed by atoms with Crippen molar-refractivity contribution in [2.75, 3.05) is 39.6 Å². The van der Waals surface area contributed by atoms with E-state index >= 15 is 0 Å². The lowest BCUT2D eigenvalue weighted by atomic mass is 10.0. The molecule has 0 aliphatic rings. The predicted octanol–water partition coefficient (Wildman–Crippen LogP) is 29.2. The van der Waals surface area contributed by atoms with Crippen LogP contribution in [-0.4, -0.2) is 96.7 Å². The molecule has 2 unspecified atom stereocenters. The first kappa shape index (κ1) is 111. The molecule has 0 radical (unpaired) electrons. The smallest absolute Gasteiger partial charge is 0.462 e. The highest BCUT2D eigenvalue weighted by Crippen LogP contribution is 2.45. The van der Waals surface area contributed by atoms with E-state index in [2.05, 4.69) is 48.5 Å². The molecule has 0 saturated heterocycles. The summed E-state index contributed by atoms with van der Waals surface area (Å²) in [4.78, 5) is 73.5. The largest absolute Gasteiger partial charge is 0.472 e. The number of rotatable bonds is 92. The van der Waals surface area contributed by atoms with Crippen molar-refractivity contribution in [3.8, 4) is 0 Å². The van der Waals surface area contributed by atoms with Crippen LogP contribution in [0.3, 0.4) is 0 Å². The third-order valence-electron chi connectivity index (χ3n) is 22.1. The molecule has 0 fully saturated rings. The van der Waals surface area contributed by atoms with Crippen LogP contribution in [-0.2, 0) is 65.4 Å². The minimum absolute atomic E-state index is 0.108. The zero-order valence-electron chi connectivity index (χ0n) is 74.9. The van der Waals surface area contributed by atoms with Gasteiger partial charge in [0.15, 0.2) is 12.2 Å². The fourth-order valence-corrected chi connectivity index (χ4v) is 16.4. The highest BCUT2D eigenvalue weighted by Gasteiger charge is 2.31. The Balaban J connectivity index is 5.20. The van der Waals surface area contributed by atoms with Gasteiger partial charge in [0.2, 0.25) is 0 Å². The number of hydrogen-bond acceptors (Lipinski definition) is 15. The number of hydrogen-bond donors (Lipinski definition) is 3. The van der Waals surface area contributed by atoms with Gasteiger partial charge in [-0.1, -0.05) is 453 Å². The van der Waals surface area contributed by atoms with E-state index < -0.39 is 97.5 Å². The van der Waals surface area contributed by atoms with Gasteiger partial charge in [0, 0.05) is 25.7 Å². The van der Waals surface area contributed by atoms with E-state index in [1.165, 1.54) is 308 Å². The van der Waals surface area contributed by atoms with Crippen molar-refractivity contribution >= 4 is 39.5 Å². The Morgan fingerprint density at radius 1 is 0.239 bits per heavy atom. The van der Waals surface area contributed by atoms with Gasteiger partial charge >= 0.3 is 39.5 Å². The number of esters is 4. The maximum atomic E-state index is 13.2. The van der Waals surface area contributed by atoms with Crippen LogP contribution in [0.4, 0.5) is 0 Å². The molecule has 0 aromatic heterocycles. The molecule has 113 heavy (non-hydrogen) atoms. The molecule has 17 nitrogen and oxygen atoms in total. The van der Waals surface area contributed by atoms with Crippen LogP contribution in [0.2, 0.25) is 0 Å². The van der Waals surface area contributed by atoms with Gasteiger partial charge in [0.25, 0.3) is 0 Å². The Bertz CT molecular complexity index is 2170. The highest BCUT2D eigenvalue weighted by molar-refractivity contribution is 7.47. The molecule has 19 heteroatoms. The summed E-state index contributed by atoms with van der Waals surface area (Å²) in [7, 11) is -9.94. The van der Waals surface area contributed by atoms with E-state index in [1.54, 1.807) is 0 Å². The van der Waals surface area contributed by atoms with Crippen molar-refractivity contribution in [2.45, 2.75) is 523 Å². The summed E-state index contributed by atoms with van der Waals surface area (Å²) in [6, 6.07) is 0. The third kappa shape index (κ3) is 87.7. The highest BCUT2D eigenvalue weighted by atomic mass is 31.2. The van der Waals surface area contributed by atoms with Crippen LogP contribution in [0.15, 0.2) is 0 Å². The van der Waals surface area contributed by atoms with Crippen LogP contribution in [0.25, 0.3) is 0 Å². The quantitative estimate of drug-likeness (QED) is 0.0222. The molecule has 0 rings (SSSR count). The number of phosphoric acid groups is 2. The summed E-state index contributed by atoms with van der Waals surface area (Å²) in [5.41, 5.74) is 0. The summed E-state index contributed by atoms with van der Waals surface area (Å²) >= 11 is 0. The van der Waals surface area contributed by atoms with Crippen LogP contribution < -0.4 is 0 Å². The number of aliphatic hydroxyl groups is 1. The molecule has 0 bridgehead atoms. The average Bonchev–Trinajstić information content (AvgIpc) is 0.896.